The van der Waals surface area contributed by atoms with Crippen molar-refractivity contribution in [2.45, 2.75) is 55.4 Å². The molecule has 0 amide bonds. The number of hydrogen-bond acceptors (Lipinski definition) is 22. The number of aryl methyl sites for hydroxylation is 8. The lowest BCUT2D eigenvalue weighted by atomic mass is 10.0. The smallest absolute Gasteiger partial charge is 0.306 e. The molecule has 0 spiro atoms. The van der Waals surface area contributed by atoms with Crippen LogP contribution in [0.2, 0.25) is 5.02 Å². The number of nitro groups is 1. The van der Waals surface area contributed by atoms with Crippen LogP contribution in [0.15, 0.2) is 200 Å². The number of rotatable bonds is 17. The monoisotopic (exact) mass is 1450 g/mol. The summed E-state index contributed by atoms with van der Waals surface area (Å²) in [6.07, 6.45) is 2.94. The number of hydrogen-bond donors (Lipinski definition) is 6. The number of pyridine rings is 1. The van der Waals surface area contributed by atoms with Crippen molar-refractivity contribution in [2.24, 2.45) is 0 Å². The van der Waals surface area contributed by atoms with Crippen molar-refractivity contribution < 1.29 is 30.1 Å². The first-order chi connectivity index (χ1) is 48.4. The average molecular weight is 1450 g/mol. The molecule has 0 saturated carbocycles. The first kappa shape index (κ1) is 74.0. The van der Waals surface area contributed by atoms with Crippen LogP contribution in [0.3, 0.4) is 0 Å². The minimum absolute atomic E-state index is 0.0767. The normalized spacial score (nSPS) is 11.3. The molecular formula is C71H66ClN17O8S4. The standard InChI is InChI=1S/C23H21N5O2S.C15H9ClN2S.C15H13N5O4S.C11H14N4O2S.C7H9N/c1-16-13-14-17(2)20(15-16)30-31(29)28-27-23-24-21(18-9-5-3-6-10-18)22(25-26-23)19-11-7-4-8-12-19;1-9-6-10(8-17)11(7-12(9)16)15-18-13-4-2-3-5-14(13)19-15;1-10-16-14-5-3-2-4-13(14)15(17-10)18-19-25(23)24-12-8-6-11(7-9-12)20(21)22;1-7-4-5-10-9(6-7)11(13-8(2)12-10)14-15-18(3,16)17;1-6-3-4-7(2)8-5-6/h3-15,28H,1-2H3,(H,24,26,27);2-7H,1H3;2-9,19H,1H3,(H,16,17,18);4-6,15H,1-3H3,(H,12,13,14);3-5H,1-2H3. The summed E-state index contributed by atoms with van der Waals surface area (Å²) >= 11 is 3.95. The number of fused-ring (bicyclic) bond motifs is 3. The lowest BCUT2D eigenvalue weighted by Crippen LogP contribution is -2.29. The largest absolute Gasteiger partial charge is 0.388 e. The van der Waals surface area contributed by atoms with Gasteiger partial charge in [0.05, 0.1) is 44.1 Å². The lowest BCUT2D eigenvalue weighted by Gasteiger charge is -2.12. The zero-order chi connectivity index (χ0) is 72.2. The topological polar surface area (TPSA) is 342 Å². The number of nitro benzene ring substituents is 1. The molecule has 13 aromatic rings. The van der Waals surface area contributed by atoms with Crippen molar-refractivity contribution in [3.8, 4) is 50.7 Å². The van der Waals surface area contributed by atoms with E-state index in [-0.39, 0.29) is 17.4 Å². The fourth-order valence-corrected chi connectivity index (χ4v) is 11.6. The van der Waals surface area contributed by atoms with Crippen LogP contribution < -0.4 is 39.1 Å². The fourth-order valence-electron chi connectivity index (χ4n) is 9.14. The second-order valence-corrected chi connectivity index (χ2v) is 27.0. The van der Waals surface area contributed by atoms with Crippen LogP contribution in [0.5, 0.6) is 11.5 Å². The van der Waals surface area contributed by atoms with Crippen LogP contribution in [-0.2, 0) is 32.6 Å². The molecule has 0 aliphatic carbocycles. The maximum atomic E-state index is 12.3. The summed E-state index contributed by atoms with van der Waals surface area (Å²) < 4.78 is 58.2. The van der Waals surface area contributed by atoms with Gasteiger partial charge in [0.2, 0.25) is 10.0 Å². The summed E-state index contributed by atoms with van der Waals surface area (Å²) in [6, 6.07) is 61.4. The molecule has 514 valence electrons. The van der Waals surface area contributed by atoms with Gasteiger partial charge in [-0.15, -0.1) is 36.0 Å². The van der Waals surface area contributed by atoms with Gasteiger partial charge in [-0.25, -0.2) is 38.3 Å². The van der Waals surface area contributed by atoms with E-state index in [2.05, 4.69) is 88.0 Å². The lowest BCUT2D eigenvalue weighted by molar-refractivity contribution is -0.384. The van der Waals surface area contributed by atoms with Gasteiger partial charge < -0.3 is 8.37 Å². The summed E-state index contributed by atoms with van der Waals surface area (Å²) in [4.78, 5) is 47.6. The van der Waals surface area contributed by atoms with Crippen LogP contribution >= 0.6 is 22.9 Å². The number of sulfonamides is 1. The van der Waals surface area contributed by atoms with E-state index in [1.165, 1.54) is 29.8 Å². The summed E-state index contributed by atoms with van der Waals surface area (Å²) in [5.74, 6) is 2.99. The van der Waals surface area contributed by atoms with Gasteiger partial charge >= 0.3 is 22.5 Å². The Morgan fingerprint density at radius 3 is 1.78 bits per heavy atom. The second-order valence-electron chi connectivity index (χ2n) is 22.2. The van der Waals surface area contributed by atoms with Gasteiger partial charge in [0.25, 0.3) is 11.6 Å². The Labute approximate surface area is 596 Å². The van der Waals surface area contributed by atoms with Crippen molar-refractivity contribution in [2.75, 3.05) is 22.5 Å². The van der Waals surface area contributed by atoms with E-state index >= 15 is 0 Å². The summed E-state index contributed by atoms with van der Waals surface area (Å²) in [5.41, 5.74) is 21.2. The number of nitrogens with one attached hydrogen (secondary N) is 6. The van der Waals surface area contributed by atoms with Crippen molar-refractivity contribution in [3.05, 3.63) is 266 Å². The highest BCUT2D eigenvalue weighted by molar-refractivity contribution is 7.88. The number of non-ortho nitro benzene ring substituents is 1. The number of nitriles is 1. The highest BCUT2D eigenvalue weighted by atomic mass is 35.5. The van der Waals surface area contributed by atoms with E-state index < -0.39 is 37.5 Å². The number of benzene rings is 8. The van der Waals surface area contributed by atoms with Gasteiger partial charge in [-0.3, -0.25) is 31.4 Å². The third-order valence-electron chi connectivity index (χ3n) is 14.0. The number of anilines is 3. The zero-order valence-corrected chi connectivity index (χ0v) is 59.8. The zero-order valence-electron chi connectivity index (χ0n) is 55.7. The molecule has 0 aliphatic rings. The average Bonchev–Trinajstić information content (AvgIpc) is 1.72. The van der Waals surface area contributed by atoms with Crippen LogP contribution in [0.4, 0.5) is 23.3 Å². The minimum Gasteiger partial charge on any atom is -0.388 e. The van der Waals surface area contributed by atoms with Crippen LogP contribution in [-0.4, -0.2) is 73.1 Å². The molecule has 2 atom stereocenters. The Kier molecular flexibility index (Phi) is 25.7. The fraction of sp³-hybridized carbons (Fsp3) is 0.127. The number of aromatic nitrogens is 9. The quantitative estimate of drug-likeness (QED) is 0.0364. The third-order valence-corrected chi connectivity index (χ3v) is 17.2. The van der Waals surface area contributed by atoms with E-state index in [0.29, 0.717) is 51.0 Å². The van der Waals surface area contributed by atoms with Gasteiger partial charge in [-0.05, 0) is 150 Å². The molecular weight excluding hydrogens is 1380 g/mol. The Hall–Kier alpha value is -11.2. The molecule has 0 radical (unpaired) electrons. The molecule has 0 fully saturated rings. The highest BCUT2D eigenvalue weighted by Crippen LogP contribution is 2.35. The Balaban J connectivity index is 0.000000154. The van der Waals surface area contributed by atoms with Gasteiger partial charge in [-0.1, -0.05) is 126 Å². The number of hydrazine groups is 3. The van der Waals surface area contributed by atoms with Gasteiger partial charge in [0.1, 0.15) is 39.5 Å². The second kappa shape index (κ2) is 35.0. The van der Waals surface area contributed by atoms with Gasteiger partial charge in [-0.2, -0.15) is 13.7 Å². The maximum Gasteiger partial charge on any atom is 0.306 e. The molecule has 5 heterocycles. The summed E-state index contributed by atoms with van der Waals surface area (Å²) in [6.45, 7) is 15.2. The first-order valence-electron chi connectivity index (χ1n) is 30.5. The van der Waals surface area contributed by atoms with Crippen LogP contribution in [0, 0.1) is 76.8 Å². The Morgan fingerprint density at radius 1 is 0.564 bits per heavy atom. The van der Waals surface area contributed by atoms with Crippen molar-refractivity contribution in [1.82, 2.24) is 59.6 Å². The molecule has 2 unspecified atom stereocenters. The van der Waals surface area contributed by atoms with Crippen molar-refractivity contribution in [3.63, 3.8) is 0 Å². The van der Waals surface area contributed by atoms with Gasteiger partial charge in [0, 0.05) is 56.5 Å². The van der Waals surface area contributed by atoms with Crippen LogP contribution in [0.25, 0.3) is 65.1 Å². The number of halogens is 1. The maximum absolute atomic E-state index is 12.3. The molecule has 0 aliphatic heterocycles. The molecule has 25 nitrogen and oxygen atoms in total. The van der Waals surface area contributed by atoms with Crippen molar-refractivity contribution in [1.29, 1.82) is 5.26 Å². The molecule has 5 aromatic heterocycles. The number of nitrogens with zero attached hydrogens (tertiary/aromatic N) is 11. The van der Waals surface area contributed by atoms with E-state index in [1.54, 1.807) is 25.2 Å². The van der Waals surface area contributed by atoms with Gasteiger partial charge in [0.15, 0.2) is 11.6 Å². The molecule has 0 saturated heterocycles. The SMILES string of the molecule is Cc1cc(C#N)c(-c2nc3ccccc3s2)cc1Cl.Cc1ccc(C)c(OS(=O)NNc2nnc(-c3ccccc3)c(-c3ccccc3)n2)c1.Cc1ccc(C)nc1.Cc1ccc2nc(C)nc(NNS(C)(=O)=O)c2c1.Cc1nc(NNS(=O)Oc2ccc([N+](=O)[O-])cc2)c2ccccc2n1. The molecule has 6 N–H and O–H groups in total. The van der Waals surface area contributed by atoms with E-state index in [9.17, 15) is 32.2 Å². The van der Waals surface area contributed by atoms with E-state index in [4.69, 9.17) is 20.0 Å². The summed E-state index contributed by atoms with van der Waals surface area (Å²) in [7, 11) is -3.34. The Morgan fingerprint density at radius 2 is 1.15 bits per heavy atom. The predicted molar refractivity (Wildman–Crippen MR) is 399 cm³/mol. The third kappa shape index (κ3) is 21.6. The molecule has 8 aromatic carbocycles. The van der Waals surface area contributed by atoms with Crippen LogP contribution in [0.1, 0.15) is 50.7 Å². The van der Waals surface area contributed by atoms with Crippen molar-refractivity contribution >= 4 is 111 Å². The highest BCUT2D eigenvalue weighted by Gasteiger charge is 2.17. The van der Waals surface area contributed by atoms with E-state index in [1.807, 2.05) is 212 Å². The number of thiazole rings is 1. The predicted octanol–water partition coefficient (Wildman–Crippen LogP) is 14.4. The molecule has 0 bridgehead atoms. The molecule has 101 heavy (non-hydrogen) atoms. The Bertz CT molecular complexity index is 5220. The summed E-state index contributed by atoms with van der Waals surface area (Å²) in [5, 5.41) is 31.4. The molecule has 13 rings (SSSR count). The number of para-hydroxylation sites is 2. The molecule has 30 heteroatoms. The first-order valence-corrected chi connectivity index (χ1v) is 35.8. The van der Waals surface area contributed by atoms with E-state index in [0.717, 1.165) is 87.9 Å². The minimum atomic E-state index is -3.34.